The lowest BCUT2D eigenvalue weighted by Gasteiger charge is -2.22. The molecule has 18 heavy (non-hydrogen) atoms. The van der Waals surface area contributed by atoms with E-state index in [2.05, 4.69) is 37.2 Å². The summed E-state index contributed by atoms with van der Waals surface area (Å²) in [5.41, 5.74) is 2.75. The standard InChI is InChI=1S/C15H15NO2/c1-15(2)8-6-10(7-9-15)11-4-3-5-12-13(11)18-16-14(12)17/h3-8H,9H2,1-2H3,(H,16,17). The molecule has 92 valence electrons. The molecule has 1 heterocycles. The molecule has 0 spiro atoms. The maximum atomic E-state index is 11.5. The number of nitrogens with one attached hydrogen (secondary N) is 1. The van der Waals surface area contributed by atoms with Gasteiger partial charge < -0.3 is 4.52 Å². The molecule has 1 N–H and O–H groups in total. The first-order valence-corrected chi connectivity index (χ1v) is 6.07. The first-order valence-electron chi connectivity index (χ1n) is 6.07. The molecule has 2 aromatic rings. The maximum Gasteiger partial charge on any atom is 0.287 e. The van der Waals surface area contributed by atoms with E-state index >= 15 is 0 Å². The molecule has 1 aliphatic carbocycles. The molecule has 0 aliphatic heterocycles. The van der Waals surface area contributed by atoms with Crippen LogP contribution in [0.1, 0.15) is 25.8 Å². The van der Waals surface area contributed by atoms with Gasteiger partial charge in [0.05, 0.1) is 5.39 Å². The minimum atomic E-state index is -0.174. The summed E-state index contributed by atoms with van der Waals surface area (Å²) in [6, 6.07) is 5.64. The second kappa shape index (κ2) is 3.73. The second-order valence-corrected chi connectivity index (χ2v) is 5.40. The Bertz CT molecular complexity index is 713. The Morgan fingerprint density at radius 3 is 2.89 bits per heavy atom. The second-order valence-electron chi connectivity index (χ2n) is 5.40. The first kappa shape index (κ1) is 11.1. The van der Waals surface area contributed by atoms with E-state index < -0.39 is 0 Å². The van der Waals surface area contributed by atoms with Gasteiger partial charge in [-0.2, -0.15) is 5.16 Å². The number of H-pyrrole nitrogens is 1. The molecule has 0 radical (unpaired) electrons. The topological polar surface area (TPSA) is 46.0 Å². The highest BCUT2D eigenvalue weighted by Crippen LogP contribution is 2.33. The normalized spacial score (nSPS) is 18.0. The number of aromatic nitrogens is 1. The van der Waals surface area contributed by atoms with Gasteiger partial charge in [0.2, 0.25) is 0 Å². The highest BCUT2D eigenvalue weighted by atomic mass is 16.5. The molecule has 1 aromatic heterocycles. The van der Waals surface area contributed by atoms with Gasteiger partial charge in [0.25, 0.3) is 5.56 Å². The fraction of sp³-hybridized carbons (Fsp3) is 0.267. The van der Waals surface area contributed by atoms with Crippen molar-refractivity contribution >= 4 is 16.5 Å². The Hall–Kier alpha value is -2.03. The number of rotatable bonds is 1. The van der Waals surface area contributed by atoms with E-state index in [-0.39, 0.29) is 11.0 Å². The largest absolute Gasteiger partial charge is 0.378 e. The van der Waals surface area contributed by atoms with E-state index in [1.807, 2.05) is 12.1 Å². The summed E-state index contributed by atoms with van der Waals surface area (Å²) in [7, 11) is 0. The number of aromatic amines is 1. The lowest BCUT2D eigenvalue weighted by Crippen LogP contribution is -2.08. The molecule has 1 aromatic carbocycles. The lowest BCUT2D eigenvalue weighted by atomic mass is 9.82. The summed E-state index contributed by atoms with van der Waals surface area (Å²) < 4.78 is 5.27. The molecule has 3 nitrogen and oxygen atoms in total. The highest BCUT2D eigenvalue weighted by Gasteiger charge is 2.18. The van der Waals surface area contributed by atoms with Crippen molar-refractivity contribution in [2.45, 2.75) is 20.3 Å². The van der Waals surface area contributed by atoms with E-state index in [0.717, 1.165) is 17.6 Å². The SMILES string of the molecule is CC1(C)C=CC(c2cccc3c(=O)[nH]oc23)=CC1. The maximum absolute atomic E-state index is 11.5. The smallest absolute Gasteiger partial charge is 0.287 e. The van der Waals surface area contributed by atoms with Gasteiger partial charge in [-0.25, -0.2) is 0 Å². The van der Waals surface area contributed by atoms with Crippen LogP contribution in [0.25, 0.3) is 16.5 Å². The Morgan fingerprint density at radius 2 is 2.17 bits per heavy atom. The molecule has 0 fully saturated rings. The van der Waals surface area contributed by atoms with Crippen LogP contribution in [0, 0.1) is 5.41 Å². The molecular formula is C15H15NO2. The van der Waals surface area contributed by atoms with Crippen LogP contribution in [0.3, 0.4) is 0 Å². The van der Waals surface area contributed by atoms with Crippen LogP contribution >= 0.6 is 0 Å². The molecule has 0 bridgehead atoms. The van der Waals surface area contributed by atoms with Crippen LogP contribution in [-0.4, -0.2) is 5.16 Å². The number of hydrogen-bond donors (Lipinski definition) is 1. The Kier molecular flexibility index (Phi) is 2.30. The predicted molar refractivity (Wildman–Crippen MR) is 72.3 cm³/mol. The zero-order chi connectivity index (χ0) is 12.8. The van der Waals surface area contributed by atoms with Crippen molar-refractivity contribution in [2.75, 3.05) is 0 Å². The van der Waals surface area contributed by atoms with E-state index in [1.165, 1.54) is 0 Å². The summed E-state index contributed by atoms with van der Waals surface area (Å²) in [5.74, 6) is 0. The third-order valence-corrected chi connectivity index (χ3v) is 3.38. The van der Waals surface area contributed by atoms with Crippen LogP contribution in [0.4, 0.5) is 0 Å². The molecule has 3 heteroatoms. The van der Waals surface area contributed by atoms with E-state index in [9.17, 15) is 4.79 Å². The van der Waals surface area contributed by atoms with Crippen molar-refractivity contribution in [3.63, 3.8) is 0 Å². The Labute approximate surface area is 105 Å². The fourth-order valence-electron chi connectivity index (χ4n) is 2.23. The van der Waals surface area contributed by atoms with Crippen LogP contribution < -0.4 is 5.56 Å². The van der Waals surface area contributed by atoms with Crippen molar-refractivity contribution in [1.29, 1.82) is 0 Å². The summed E-state index contributed by atoms with van der Waals surface area (Å²) in [6.07, 6.45) is 7.49. The molecule has 1 aliphatic rings. The molecular weight excluding hydrogens is 226 g/mol. The van der Waals surface area contributed by atoms with Gasteiger partial charge in [-0.1, -0.05) is 44.2 Å². The van der Waals surface area contributed by atoms with Crippen LogP contribution in [-0.2, 0) is 0 Å². The fourth-order valence-corrected chi connectivity index (χ4v) is 2.23. The summed E-state index contributed by atoms with van der Waals surface area (Å²) in [5, 5.41) is 2.99. The number of allylic oxidation sites excluding steroid dienone is 4. The minimum Gasteiger partial charge on any atom is -0.378 e. The van der Waals surface area contributed by atoms with Gasteiger partial charge in [-0.05, 0) is 23.5 Å². The average Bonchev–Trinajstić information content (AvgIpc) is 2.72. The Morgan fingerprint density at radius 1 is 1.33 bits per heavy atom. The molecule has 0 saturated carbocycles. The highest BCUT2D eigenvalue weighted by molar-refractivity contribution is 5.92. The number of benzene rings is 1. The van der Waals surface area contributed by atoms with E-state index in [4.69, 9.17) is 4.52 Å². The van der Waals surface area contributed by atoms with Crippen molar-refractivity contribution in [1.82, 2.24) is 5.16 Å². The van der Waals surface area contributed by atoms with Gasteiger partial charge in [-0.3, -0.25) is 4.79 Å². The predicted octanol–water partition coefficient (Wildman–Crippen LogP) is 3.49. The average molecular weight is 241 g/mol. The molecule has 3 rings (SSSR count). The first-order chi connectivity index (χ1) is 8.57. The monoisotopic (exact) mass is 241 g/mol. The molecule has 0 atom stereocenters. The quantitative estimate of drug-likeness (QED) is 0.830. The van der Waals surface area contributed by atoms with E-state index in [1.54, 1.807) is 6.07 Å². The lowest BCUT2D eigenvalue weighted by molar-refractivity contribution is 0.448. The van der Waals surface area contributed by atoms with Crippen molar-refractivity contribution in [2.24, 2.45) is 5.41 Å². The molecule has 0 saturated heterocycles. The van der Waals surface area contributed by atoms with Crippen molar-refractivity contribution in [3.8, 4) is 0 Å². The number of para-hydroxylation sites is 1. The summed E-state index contributed by atoms with van der Waals surface area (Å²) >= 11 is 0. The zero-order valence-electron chi connectivity index (χ0n) is 10.5. The third-order valence-electron chi connectivity index (χ3n) is 3.38. The summed E-state index contributed by atoms with van der Waals surface area (Å²) in [6.45, 7) is 4.40. The van der Waals surface area contributed by atoms with Crippen molar-refractivity contribution < 1.29 is 4.52 Å². The Balaban J connectivity index is 2.14. The third kappa shape index (κ3) is 1.72. The van der Waals surface area contributed by atoms with Crippen LogP contribution in [0.5, 0.6) is 0 Å². The zero-order valence-corrected chi connectivity index (χ0v) is 10.5. The molecule has 0 unspecified atom stereocenters. The van der Waals surface area contributed by atoms with E-state index in [0.29, 0.717) is 11.0 Å². The number of fused-ring (bicyclic) bond motifs is 1. The van der Waals surface area contributed by atoms with Gasteiger partial charge in [0, 0.05) is 5.56 Å². The van der Waals surface area contributed by atoms with Gasteiger partial charge in [0.15, 0.2) is 5.58 Å². The summed E-state index contributed by atoms with van der Waals surface area (Å²) in [4.78, 5) is 11.5. The van der Waals surface area contributed by atoms with Gasteiger partial charge >= 0.3 is 0 Å². The van der Waals surface area contributed by atoms with Crippen LogP contribution in [0.2, 0.25) is 0 Å². The van der Waals surface area contributed by atoms with Crippen LogP contribution in [0.15, 0.2) is 45.7 Å². The molecule has 0 amide bonds. The minimum absolute atomic E-state index is 0.174. The van der Waals surface area contributed by atoms with Crippen molar-refractivity contribution in [3.05, 3.63) is 52.3 Å². The van der Waals surface area contributed by atoms with Gasteiger partial charge in [0.1, 0.15) is 0 Å². The van der Waals surface area contributed by atoms with Gasteiger partial charge in [-0.15, -0.1) is 0 Å². The number of hydrogen-bond acceptors (Lipinski definition) is 2.